The monoisotopic (exact) mass is 1220 g/mol. The van der Waals surface area contributed by atoms with Crippen LogP contribution in [0.5, 0.6) is 17.2 Å². The summed E-state index contributed by atoms with van der Waals surface area (Å²) in [6.45, 7) is 2.25. The number of Topliss-reactive ketones (excluding diaryl/α,β-unsaturated/α-hetero) is 1. The number of guanidine groups is 1. The lowest BCUT2D eigenvalue weighted by Gasteiger charge is -2.71. The van der Waals surface area contributed by atoms with Crippen LogP contribution in [0.3, 0.4) is 0 Å². The number of allylic oxidation sites excluding steroid dienone is 5. The Morgan fingerprint density at radius 1 is 0.844 bits per heavy atom. The number of rotatable bonds is 6. The number of phenolic OH excluding ortho intramolecular Hbond substituents is 2. The number of nitrogens with zero attached hydrogens (tertiary/aromatic N) is 1. The highest BCUT2D eigenvalue weighted by molar-refractivity contribution is 5.98. The molecule has 2 heterocycles. The van der Waals surface area contributed by atoms with E-state index in [0.717, 1.165) is 154 Å². The summed E-state index contributed by atoms with van der Waals surface area (Å²) in [6.07, 6.45) is 30.4. The minimum absolute atomic E-state index is 0.0158. The van der Waals surface area contributed by atoms with Crippen molar-refractivity contribution in [3.63, 3.8) is 0 Å². The van der Waals surface area contributed by atoms with Crippen molar-refractivity contribution in [2.75, 3.05) is 33.0 Å². The zero-order valence-corrected chi connectivity index (χ0v) is 52.9. The smallest absolute Gasteiger partial charge is 0.189 e. The quantitative estimate of drug-likeness (QED) is 0.0861. The number of ether oxygens (including phenoxy) is 2. The van der Waals surface area contributed by atoms with E-state index in [1.165, 1.54) is 11.1 Å². The predicted octanol–water partition coefficient (Wildman–Crippen LogP) is 12.0. The number of hydrogen-bond acceptors (Lipinski definition) is 12. The van der Waals surface area contributed by atoms with Gasteiger partial charge in [0.1, 0.15) is 5.75 Å². The zero-order valence-electron chi connectivity index (χ0n) is 52.9. The molecule has 0 amide bonds. The fraction of sp³-hybridized carbons (Fsp3) is 0.615. The standard InChI is InChI=1S/C78H95N3O9/c1-46-35-76-26-20-49-31-50-37-73(44-84)21-8-5-19-61(73)60(42-83)66(50)63(87)33-58(49)59-34-64(90-56-16-3-4-17-56)70(88)67-57(59)18-12-15-54(80-72(79)81-78(24-6-2-7-25-78)51-14-11-13-47(28-51)27-48-29-52(76)32-55(86)30-48)38-74(45-85)40-65(76)77(36-46)39-62-71(69(74)68(67)77)89-43-53(41-82)75(62)22-9-10-23-75/h8,11,13-14,20-21,26,28-30,32,34,40,46,49-50,53-54,56,58,61-62,68-69,71,82-86,88H,2-7,9-10,15-17,19,22-25,27,31,33,35-39,41-45H2,1H3,(H3,79,80,81). The van der Waals surface area contributed by atoms with E-state index in [4.69, 9.17) is 20.2 Å². The van der Waals surface area contributed by atoms with Crippen LogP contribution in [0.4, 0.5) is 0 Å². The van der Waals surface area contributed by atoms with Crippen LogP contribution in [0.25, 0.3) is 0 Å². The first-order valence-corrected chi connectivity index (χ1v) is 35.2. The maximum atomic E-state index is 16.1. The Balaban J connectivity index is 1.04. The second kappa shape index (κ2) is 22.2. The number of nitrogens with two attached hydrogens (primary N) is 1. The van der Waals surface area contributed by atoms with Gasteiger partial charge < -0.3 is 51.2 Å². The molecule has 12 heteroatoms. The molecule has 0 aromatic heterocycles. The lowest BCUT2D eigenvalue weighted by Crippen LogP contribution is -2.68. The molecule has 1 saturated heterocycles. The van der Waals surface area contributed by atoms with Crippen molar-refractivity contribution in [2.24, 2.45) is 73.8 Å². The van der Waals surface area contributed by atoms with Crippen molar-refractivity contribution in [3.8, 4) is 29.1 Å². The molecule has 2 aliphatic heterocycles. The third-order valence-corrected chi connectivity index (χ3v) is 26.9. The molecular weight excluding hydrogens is 1120 g/mol. The maximum absolute atomic E-state index is 16.1. The van der Waals surface area contributed by atoms with E-state index in [0.29, 0.717) is 56.8 Å². The molecule has 9 N–H and O–H groups in total. The van der Waals surface area contributed by atoms with E-state index in [-0.39, 0.29) is 97.2 Å². The number of benzene rings is 3. The highest BCUT2D eigenvalue weighted by atomic mass is 16.5. The van der Waals surface area contributed by atoms with Crippen LogP contribution < -0.4 is 15.8 Å². The first-order chi connectivity index (χ1) is 43.7. The molecule has 11 aliphatic carbocycles. The molecule has 3 aromatic carbocycles. The second-order valence-electron chi connectivity index (χ2n) is 31.5. The number of aliphatic imine (C=N–C) groups is 1. The molecule has 6 saturated carbocycles. The Morgan fingerprint density at radius 2 is 1.64 bits per heavy atom. The lowest BCUT2D eigenvalue weighted by molar-refractivity contribution is -0.234. The number of carbonyl (C=O) groups is 1. The zero-order chi connectivity index (χ0) is 61.5. The van der Waals surface area contributed by atoms with Crippen LogP contribution >= 0.6 is 0 Å². The highest BCUT2D eigenvalue weighted by Gasteiger charge is 2.72. The number of ketones is 1. The lowest BCUT2D eigenvalue weighted by atomic mass is 9.34. The summed E-state index contributed by atoms with van der Waals surface area (Å²) in [7, 11) is 0. The molecule has 0 radical (unpaired) electrons. The number of aliphatic hydroxyl groups is 4. The number of aliphatic hydroxyl groups excluding tert-OH is 4. The highest BCUT2D eigenvalue weighted by Crippen LogP contribution is 2.78. The Hall–Kier alpha value is -5.68. The van der Waals surface area contributed by atoms with Crippen LogP contribution in [0.1, 0.15) is 205 Å². The molecule has 476 valence electrons. The maximum Gasteiger partial charge on any atom is 0.189 e. The average molecular weight is 1220 g/mol. The van der Waals surface area contributed by atoms with Crippen LogP contribution in [-0.4, -0.2) is 93.7 Å². The molecular formula is C78H95N3O9. The van der Waals surface area contributed by atoms with Gasteiger partial charge in [-0.3, -0.25) is 4.79 Å². The van der Waals surface area contributed by atoms with Gasteiger partial charge in [0.25, 0.3) is 0 Å². The first-order valence-electron chi connectivity index (χ1n) is 35.2. The van der Waals surface area contributed by atoms with Gasteiger partial charge in [-0.05, 0) is 202 Å². The van der Waals surface area contributed by atoms with Crippen LogP contribution in [0.2, 0.25) is 0 Å². The van der Waals surface area contributed by atoms with Crippen LogP contribution in [0, 0.1) is 74.9 Å². The number of carbonyl (C=O) groups excluding carboxylic acids is 1. The molecule has 16 rings (SSSR count). The van der Waals surface area contributed by atoms with Gasteiger partial charge in [-0.1, -0.05) is 117 Å². The van der Waals surface area contributed by atoms with Gasteiger partial charge in [-0.25, -0.2) is 4.99 Å². The second-order valence-corrected chi connectivity index (χ2v) is 31.5. The Labute approximate surface area is 532 Å². The summed E-state index contributed by atoms with van der Waals surface area (Å²) in [4.78, 5) is 21.8. The Morgan fingerprint density at radius 3 is 2.43 bits per heavy atom. The summed E-state index contributed by atoms with van der Waals surface area (Å²) in [5.74, 6) is 6.60. The van der Waals surface area contributed by atoms with Crippen LogP contribution in [-0.2, 0) is 26.9 Å². The molecule has 12 nitrogen and oxygen atoms in total. The van der Waals surface area contributed by atoms with E-state index in [1.54, 1.807) is 0 Å². The summed E-state index contributed by atoms with van der Waals surface area (Å²) in [5.41, 5.74) is 12.7. The third kappa shape index (κ3) is 8.97. The SMILES string of the molecule is CC1CC23C=CC4CC5CC6(CO)C=CCCC6C(CO)=C5C(=O)CC4c4cc(OC5CCCC5)c(O)c5c4C#CCC(CC4(CO)C=C2C2(C1)CC1C(OCC(CO)C16CCCC6)C4C52)N=C(N)NC1(CCCCC1)c1cccc(c1)Cc1cc(O)cc3c1. The van der Waals surface area contributed by atoms with Crippen molar-refractivity contribution >= 4 is 11.7 Å². The first kappa shape index (κ1) is 59.3. The van der Waals surface area contributed by atoms with E-state index in [1.807, 2.05) is 12.1 Å². The van der Waals surface area contributed by atoms with Gasteiger partial charge in [0.2, 0.25) is 0 Å². The van der Waals surface area contributed by atoms with Crippen molar-refractivity contribution in [1.29, 1.82) is 0 Å². The van der Waals surface area contributed by atoms with Gasteiger partial charge in [-0.15, -0.1) is 0 Å². The Kier molecular flexibility index (Phi) is 14.7. The van der Waals surface area contributed by atoms with Gasteiger partial charge in [0, 0.05) is 75.6 Å². The van der Waals surface area contributed by atoms with Gasteiger partial charge in [-0.2, -0.15) is 0 Å². The molecule has 7 fully saturated rings. The number of phenols is 2. The van der Waals surface area contributed by atoms with E-state index >= 15 is 4.79 Å². The van der Waals surface area contributed by atoms with Crippen molar-refractivity contribution in [1.82, 2.24) is 5.32 Å². The topological polar surface area (TPSA) is 207 Å². The molecule has 15 unspecified atom stereocenters. The number of aromatic hydroxyl groups is 2. The van der Waals surface area contributed by atoms with Crippen molar-refractivity contribution in [2.45, 2.75) is 202 Å². The summed E-state index contributed by atoms with van der Waals surface area (Å²) in [5, 5.41) is 79.0. The molecule has 13 aliphatic rings. The van der Waals surface area contributed by atoms with E-state index in [9.17, 15) is 30.6 Å². The van der Waals surface area contributed by atoms with Gasteiger partial charge in [0.15, 0.2) is 23.2 Å². The Bertz CT molecular complexity index is 3610. The third-order valence-electron chi connectivity index (χ3n) is 26.9. The minimum Gasteiger partial charge on any atom is -0.508 e. The van der Waals surface area contributed by atoms with Crippen LogP contribution in [0.15, 0.2) is 101 Å². The molecule has 3 spiro atoms. The van der Waals surface area contributed by atoms with Gasteiger partial charge in [0.05, 0.1) is 50.2 Å². The minimum atomic E-state index is -1.06. The van der Waals surface area contributed by atoms with E-state index in [2.05, 4.69) is 90.9 Å². The van der Waals surface area contributed by atoms with E-state index < -0.39 is 57.1 Å². The molecule has 90 heavy (non-hydrogen) atoms. The molecule has 15 atom stereocenters. The fourth-order valence-corrected chi connectivity index (χ4v) is 23.5. The number of nitrogens with one attached hydrogen (secondary N) is 1. The normalized spacial score (nSPS) is 38.4. The fourth-order valence-electron chi connectivity index (χ4n) is 23.5. The largest absolute Gasteiger partial charge is 0.508 e. The summed E-state index contributed by atoms with van der Waals surface area (Å²) < 4.78 is 14.9. The number of fused-ring (bicyclic) bond motifs is 12. The summed E-state index contributed by atoms with van der Waals surface area (Å²) >= 11 is 0. The average Bonchev–Trinajstić information content (AvgIpc) is 0.804. The number of hydrogen-bond donors (Lipinski definition) is 8. The molecule has 3 aromatic rings. The van der Waals surface area contributed by atoms with Crippen molar-refractivity contribution < 1.29 is 44.9 Å². The summed E-state index contributed by atoms with van der Waals surface area (Å²) in [6, 6.07) is 16.8. The van der Waals surface area contributed by atoms with Crippen molar-refractivity contribution in [3.05, 3.63) is 135 Å². The predicted molar refractivity (Wildman–Crippen MR) is 347 cm³/mol. The van der Waals surface area contributed by atoms with Gasteiger partial charge >= 0.3 is 0 Å². The molecule has 14 bridgehead atoms.